The van der Waals surface area contributed by atoms with E-state index in [1.165, 1.54) is 0 Å². The van der Waals surface area contributed by atoms with Crippen molar-refractivity contribution in [3.05, 3.63) is 23.8 Å². The zero-order valence-electron chi connectivity index (χ0n) is 13.6. The van der Waals surface area contributed by atoms with Crippen LogP contribution in [-0.4, -0.2) is 45.8 Å². The van der Waals surface area contributed by atoms with Gasteiger partial charge in [-0.05, 0) is 26.1 Å². The number of nitrogens with one attached hydrogen (secondary N) is 1. The minimum absolute atomic E-state index is 0.527. The Kier molecular flexibility index (Phi) is 6.82. The van der Waals surface area contributed by atoms with Crippen LogP contribution in [0.2, 0.25) is 0 Å². The number of likely N-dealkylation sites (N-methyl/N-ethyl adjacent to an activating group) is 1. The molecule has 0 saturated carbocycles. The van der Waals surface area contributed by atoms with Crippen LogP contribution in [0.5, 0.6) is 11.5 Å². The van der Waals surface area contributed by atoms with E-state index in [0.29, 0.717) is 12.0 Å². The van der Waals surface area contributed by atoms with Crippen molar-refractivity contribution in [1.82, 2.24) is 10.2 Å². The number of rotatable bonds is 8. The maximum atomic E-state index is 5.41. The average Bonchev–Trinajstić information content (AvgIpc) is 2.42. The zero-order chi connectivity index (χ0) is 15.1. The second-order valence-electron chi connectivity index (χ2n) is 5.58. The molecule has 0 aromatic heterocycles. The van der Waals surface area contributed by atoms with Gasteiger partial charge in [0.1, 0.15) is 11.5 Å². The lowest BCUT2D eigenvalue weighted by molar-refractivity contribution is 0.224. The maximum Gasteiger partial charge on any atom is 0.127 e. The van der Waals surface area contributed by atoms with Crippen LogP contribution in [0, 0.1) is 5.92 Å². The smallest absolute Gasteiger partial charge is 0.127 e. The van der Waals surface area contributed by atoms with Crippen molar-refractivity contribution >= 4 is 0 Å². The molecule has 1 N–H and O–H groups in total. The second-order valence-corrected chi connectivity index (χ2v) is 5.58. The molecule has 1 unspecified atom stereocenters. The first-order valence-electron chi connectivity index (χ1n) is 7.07. The summed E-state index contributed by atoms with van der Waals surface area (Å²) in [6.45, 7) is 6.25. The first-order chi connectivity index (χ1) is 9.49. The molecule has 0 aliphatic rings. The second kappa shape index (κ2) is 8.12. The fraction of sp³-hybridized carbons (Fsp3) is 0.625. The first kappa shape index (κ1) is 16.8. The first-order valence-corrected chi connectivity index (χ1v) is 7.07. The molecule has 4 heteroatoms. The molecule has 0 heterocycles. The van der Waals surface area contributed by atoms with Crippen molar-refractivity contribution in [2.45, 2.75) is 26.4 Å². The molecule has 0 bridgehead atoms. The standard InChI is InChI=1S/C16H28N2O2/c1-12(2)15(18(3)4)11-17-10-13-7-8-14(19-5)9-16(13)20-6/h7-9,12,15,17H,10-11H2,1-6H3. The molecule has 0 amide bonds. The van der Waals surface area contributed by atoms with Gasteiger partial charge < -0.3 is 19.7 Å². The van der Waals surface area contributed by atoms with Gasteiger partial charge in [0.15, 0.2) is 0 Å². The number of hydrogen-bond donors (Lipinski definition) is 1. The molecule has 20 heavy (non-hydrogen) atoms. The summed E-state index contributed by atoms with van der Waals surface area (Å²) in [5.74, 6) is 2.30. The monoisotopic (exact) mass is 280 g/mol. The number of ether oxygens (including phenoxy) is 2. The summed E-state index contributed by atoms with van der Waals surface area (Å²) < 4.78 is 10.6. The van der Waals surface area contributed by atoms with Gasteiger partial charge in [0, 0.05) is 30.8 Å². The van der Waals surface area contributed by atoms with E-state index in [1.54, 1.807) is 14.2 Å². The summed E-state index contributed by atoms with van der Waals surface area (Å²) in [4.78, 5) is 2.27. The van der Waals surface area contributed by atoms with Crippen LogP contribution >= 0.6 is 0 Å². The highest BCUT2D eigenvalue weighted by molar-refractivity contribution is 5.40. The Morgan fingerprint density at radius 1 is 1.15 bits per heavy atom. The van der Waals surface area contributed by atoms with Crippen molar-refractivity contribution < 1.29 is 9.47 Å². The Hall–Kier alpha value is -1.26. The lowest BCUT2D eigenvalue weighted by Gasteiger charge is -2.28. The minimum atomic E-state index is 0.527. The van der Waals surface area contributed by atoms with Crippen molar-refractivity contribution in [3.63, 3.8) is 0 Å². The number of methoxy groups -OCH3 is 2. The summed E-state index contributed by atoms with van der Waals surface area (Å²) >= 11 is 0. The van der Waals surface area contributed by atoms with E-state index in [2.05, 4.69) is 38.2 Å². The molecular weight excluding hydrogens is 252 g/mol. The van der Waals surface area contributed by atoms with Crippen LogP contribution in [0.4, 0.5) is 0 Å². The molecule has 0 aliphatic carbocycles. The molecule has 1 aromatic carbocycles. The van der Waals surface area contributed by atoms with Gasteiger partial charge in [0.25, 0.3) is 0 Å². The van der Waals surface area contributed by atoms with E-state index in [1.807, 2.05) is 18.2 Å². The molecule has 0 fully saturated rings. The van der Waals surface area contributed by atoms with Crippen LogP contribution in [0.25, 0.3) is 0 Å². The molecule has 0 radical (unpaired) electrons. The van der Waals surface area contributed by atoms with Gasteiger partial charge in [-0.1, -0.05) is 19.9 Å². The summed E-state index contributed by atoms with van der Waals surface area (Å²) in [7, 11) is 7.60. The number of hydrogen-bond acceptors (Lipinski definition) is 4. The van der Waals surface area contributed by atoms with Crippen molar-refractivity contribution in [1.29, 1.82) is 0 Å². The van der Waals surface area contributed by atoms with Crippen LogP contribution in [0.3, 0.4) is 0 Å². The van der Waals surface area contributed by atoms with Gasteiger partial charge in [-0.25, -0.2) is 0 Å². The third-order valence-corrected chi connectivity index (χ3v) is 3.60. The van der Waals surface area contributed by atoms with Crippen LogP contribution < -0.4 is 14.8 Å². The predicted molar refractivity (Wildman–Crippen MR) is 83.6 cm³/mol. The van der Waals surface area contributed by atoms with Gasteiger partial charge in [0.2, 0.25) is 0 Å². The summed E-state index contributed by atoms with van der Waals surface area (Å²) in [5.41, 5.74) is 1.15. The average molecular weight is 280 g/mol. The van der Waals surface area contributed by atoms with Crippen molar-refractivity contribution in [3.8, 4) is 11.5 Å². The van der Waals surface area contributed by atoms with E-state index >= 15 is 0 Å². The Labute approximate surface area is 123 Å². The Balaban J connectivity index is 2.61. The highest BCUT2D eigenvalue weighted by atomic mass is 16.5. The van der Waals surface area contributed by atoms with Crippen LogP contribution in [-0.2, 0) is 6.54 Å². The molecule has 0 saturated heterocycles. The highest BCUT2D eigenvalue weighted by Gasteiger charge is 2.15. The third-order valence-electron chi connectivity index (χ3n) is 3.60. The van der Waals surface area contributed by atoms with Gasteiger partial charge in [0.05, 0.1) is 14.2 Å². The Bertz CT molecular complexity index is 397. The fourth-order valence-corrected chi connectivity index (χ4v) is 2.37. The van der Waals surface area contributed by atoms with E-state index in [-0.39, 0.29) is 0 Å². The molecular formula is C16H28N2O2. The molecule has 4 nitrogen and oxygen atoms in total. The topological polar surface area (TPSA) is 33.7 Å². The molecule has 1 atom stereocenters. The lowest BCUT2D eigenvalue weighted by atomic mass is 10.0. The van der Waals surface area contributed by atoms with Crippen LogP contribution in [0.1, 0.15) is 19.4 Å². The molecule has 0 aliphatic heterocycles. The SMILES string of the molecule is COc1ccc(CNCC(C(C)C)N(C)C)c(OC)c1. The summed E-state index contributed by atoms with van der Waals surface area (Å²) in [5, 5.41) is 3.51. The quantitative estimate of drug-likeness (QED) is 0.793. The normalized spacial score (nSPS) is 12.8. The fourth-order valence-electron chi connectivity index (χ4n) is 2.37. The molecule has 114 valence electrons. The van der Waals surface area contributed by atoms with E-state index < -0.39 is 0 Å². The Morgan fingerprint density at radius 3 is 2.35 bits per heavy atom. The van der Waals surface area contributed by atoms with Gasteiger partial charge in [-0.15, -0.1) is 0 Å². The van der Waals surface area contributed by atoms with Gasteiger partial charge in [-0.3, -0.25) is 0 Å². The molecule has 0 spiro atoms. The highest BCUT2D eigenvalue weighted by Crippen LogP contribution is 2.24. The van der Waals surface area contributed by atoms with E-state index in [4.69, 9.17) is 9.47 Å². The maximum absolute atomic E-state index is 5.41. The van der Waals surface area contributed by atoms with Crippen molar-refractivity contribution in [2.75, 3.05) is 34.9 Å². The van der Waals surface area contributed by atoms with E-state index in [0.717, 1.165) is 30.2 Å². The number of nitrogens with zero attached hydrogens (tertiary/aromatic N) is 1. The molecule has 1 aromatic rings. The third kappa shape index (κ3) is 4.69. The molecule has 1 rings (SSSR count). The van der Waals surface area contributed by atoms with Crippen LogP contribution in [0.15, 0.2) is 18.2 Å². The summed E-state index contributed by atoms with van der Waals surface area (Å²) in [6, 6.07) is 6.46. The minimum Gasteiger partial charge on any atom is -0.497 e. The van der Waals surface area contributed by atoms with E-state index in [9.17, 15) is 0 Å². The predicted octanol–water partition coefficient (Wildman–Crippen LogP) is 2.38. The largest absolute Gasteiger partial charge is 0.497 e. The lowest BCUT2D eigenvalue weighted by Crippen LogP contribution is -2.41. The Morgan fingerprint density at radius 2 is 1.85 bits per heavy atom. The zero-order valence-corrected chi connectivity index (χ0v) is 13.6. The number of benzene rings is 1. The van der Waals surface area contributed by atoms with Crippen molar-refractivity contribution in [2.24, 2.45) is 5.92 Å². The van der Waals surface area contributed by atoms with Gasteiger partial charge >= 0.3 is 0 Å². The summed E-state index contributed by atoms with van der Waals surface area (Å²) in [6.07, 6.45) is 0. The van der Waals surface area contributed by atoms with Gasteiger partial charge in [-0.2, -0.15) is 0 Å².